The van der Waals surface area contributed by atoms with E-state index in [2.05, 4.69) is 0 Å². The SMILES string of the molecule is O=C(CN1CCN(C(=O)c2ccc(Cl)cc2)CC1)c1ccco1. The van der Waals surface area contributed by atoms with E-state index in [9.17, 15) is 9.59 Å². The van der Waals surface area contributed by atoms with Crippen molar-refractivity contribution < 1.29 is 14.0 Å². The molecular weight excluding hydrogens is 316 g/mol. The predicted octanol–water partition coefficient (Wildman–Crippen LogP) is 2.57. The van der Waals surface area contributed by atoms with E-state index in [1.165, 1.54) is 6.26 Å². The first-order chi connectivity index (χ1) is 11.1. The van der Waals surface area contributed by atoms with Crippen molar-refractivity contribution in [2.75, 3.05) is 32.7 Å². The van der Waals surface area contributed by atoms with Gasteiger partial charge in [0.05, 0.1) is 12.8 Å². The molecule has 1 aromatic heterocycles. The highest BCUT2D eigenvalue weighted by molar-refractivity contribution is 6.30. The van der Waals surface area contributed by atoms with Crippen molar-refractivity contribution in [3.63, 3.8) is 0 Å². The first-order valence-corrected chi connectivity index (χ1v) is 7.85. The second-order valence-electron chi connectivity index (χ2n) is 5.48. The minimum atomic E-state index is -0.0347. The molecule has 1 fully saturated rings. The number of carbonyl (C=O) groups excluding carboxylic acids is 2. The lowest BCUT2D eigenvalue weighted by Gasteiger charge is -2.34. The number of furan rings is 1. The fourth-order valence-electron chi connectivity index (χ4n) is 2.60. The van der Waals surface area contributed by atoms with Crippen molar-refractivity contribution in [3.05, 3.63) is 59.0 Å². The molecule has 0 saturated carbocycles. The van der Waals surface area contributed by atoms with Crippen LogP contribution >= 0.6 is 11.6 Å². The summed E-state index contributed by atoms with van der Waals surface area (Å²) in [4.78, 5) is 28.3. The average Bonchev–Trinajstić information content (AvgIpc) is 3.10. The number of nitrogens with zero attached hydrogens (tertiary/aromatic N) is 2. The molecule has 0 spiro atoms. The Hall–Kier alpha value is -2.11. The molecule has 1 aliphatic rings. The molecule has 0 N–H and O–H groups in total. The van der Waals surface area contributed by atoms with Crippen LogP contribution in [0.4, 0.5) is 0 Å². The van der Waals surface area contributed by atoms with Crippen LogP contribution in [0.2, 0.25) is 5.02 Å². The Kier molecular flexibility index (Phi) is 4.79. The van der Waals surface area contributed by atoms with E-state index in [1.54, 1.807) is 41.3 Å². The first-order valence-electron chi connectivity index (χ1n) is 7.47. The second-order valence-corrected chi connectivity index (χ2v) is 5.91. The third kappa shape index (κ3) is 3.81. The number of carbonyl (C=O) groups is 2. The number of ketones is 1. The minimum Gasteiger partial charge on any atom is -0.461 e. The van der Waals surface area contributed by atoms with Crippen LogP contribution in [0.25, 0.3) is 0 Å². The Morgan fingerprint density at radius 2 is 1.74 bits per heavy atom. The molecule has 1 saturated heterocycles. The van der Waals surface area contributed by atoms with Gasteiger partial charge in [-0.2, -0.15) is 0 Å². The molecule has 23 heavy (non-hydrogen) atoms. The van der Waals surface area contributed by atoms with E-state index in [0.29, 0.717) is 49.1 Å². The van der Waals surface area contributed by atoms with Crippen LogP contribution in [0.3, 0.4) is 0 Å². The van der Waals surface area contributed by atoms with Crippen LogP contribution in [0.15, 0.2) is 47.1 Å². The zero-order chi connectivity index (χ0) is 16.2. The van der Waals surface area contributed by atoms with Gasteiger partial charge in [-0.3, -0.25) is 14.5 Å². The van der Waals surface area contributed by atoms with Crippen LogP contribution in [-0.2, 0) is 0 Å². The topological polar surface area (TPSA) is 53.8 Å². The highest BCUT2D eigenvalue weighted by Gasteiger charge is 2.24. The maximum absolute atomic E-state index is 12.4. The van der Waals surface area contributed by atoms with Crippen LogP contribution in [0, 0.1) is 0 Å². The van der Waals surface area contributed by atoms with E-state index in [-0.39, 0.29) is 11.7 Å². The summed E-state index contributed by atoms with van der Waals surface area (Å²) in [5, 5.41) is 0.614. The van der Waals surface area contributed by atoms with Gasteiger partial charge in [-0.15, -0.1) is 0 Å². The van der Waals surface area contributed by atoms with E-state index < -0.39 is 0 Å². The molecule has 6 heteroatoms. The quantitative estimate of drug-likeness (QED) is 0.807. The number of rotatable bonds is 4. The maximum Gasteiger partial charge on any atom is 0.253 e. The van der Waals surface area contributed by atoms with Crippen molar-refractivity contribution >= 4 is 23.3 Å². The van der Waals surface area contributed by atoms with Crippen molar-refractivity contribution in [2.45, 2.75) is 0 Å². The van der Waals surface area contributed by atoms with Gasteiger partial charge in [0.1, 0.15) is 0 Å². The summed E-state index contributed by atoms with van der Waals surface area (Å²) in [6.45, 7) is 2.87. The van der Waals surface area contributed by atoms with E-state index in [4.69, 9.17) is 16.0 Å². The molecule has 1 aromatic carbocycles. The summed E-state index contributed by atoms with van der Waals surface area (Å²) < 4.78 is 5.11. The van der Waals surface area contributed by atoms with Gasteiger partial charge in [0.25, 0.3) is 5.91 Å². The number of benzene rings is 1. The Morgan fingerprint density at radius 3 is 2.35 bits per heavy atom. The molecular formula is C17H17ClN2O3. The Balaban J connectivity index is 1.53. The molecule has 2 aromatic rings. The Bertz CT molecular complexity index is 674. The lowest BCUT2D eigenvalue weighted by atomic mass is 10.1. The van der Waals surface area contributed by atoms with Crippen LogP contribution in [-0.4, -0.2) is 54.2 Å². The zero-order valence-corrected chi connectivity index (χ0v) is 13.3. The average molecular weight is 333 g/mol. The lowest BCUT2D eigenvalue weighted by molar-refractivity contribution is 0.0620. The molecule has 1 aliphatic heterocycles. The Labute approximate surface area is 139 Å². The molecule has 0 unspecified atom stereocenters. The van der Waals surface area contributed by atoms with Gasteiger partial charge in [0.2, 0.25) is 5.78 Å². The van der Waals surface area contributed by atoms with Gasteiger partial charge in [0, 0.05) is 36.8 Å². The minimum absolute atomic E-state index is 0.00122. The van der Waals surface area contributed by atoms with Crippen molar-refractivity contribution in [2.24, 2.45) is 0 Å². The van der Waals surface area contributed by atoms with Gasteiger partial charge in [-0.05, 0) is 36.4 Å². The molecule has 0 atom stereocenters. The van der Waals surface area contributed by atoms with Gasteiger partial charge in [-0.1, -0.05) is 11.6 Å². The van der Waals surface area contributed by atoms with E-state index in [1.807, 2.05) is 4.90 Å². The van der Waals surface area contributed by atoms with Crippen LogP contribution in [0.5, 0.6) is 0 Å². The summed E-state index contributed by atoms with van der Waals surface area (Å²) in [6.07, 6.45) is 1.50. The fraction of sp³-hybridized carbons (Fsp3) is 0.294. The largest absolute Gasteiger partial charge is 0.461 e. The number of amides is 1. The number of hydrogen-bond donors (Lipinski definition) is 0. The normalized spacial score (nSPS) is 15.6. The second kappa shape index (κ2) is 6.98. The third-order valence-corrected chi connectivity index (χ3v) is 4.17. The summed E-state index contributed by atoms with van der Waals surface area (Å²) in [5.74, 6) is 0.343. The summed E-state index contributed by atoms with van der Waals surface area (Å²) in [5.41, 5.74) is 0.634. The number of hydrogen-bond acceptors (Lipinski definition) is 4. The summed E-state index contributed by atoms with van der Waals surface area (Å²) in [6, 6.07) is 10.3. The van der Waals surface area contributed by atoms with Gasteiger partial charge < -0.3 is 9.32 Å². The Morgan fingerprint density at radius 1 is 1.04 bits per heavy atom. The van der Waals surface area contributed by atoms with Gasteiger partial charge in [-0.25, -0.2) is 0 Å². The first kappa shape index (κ1) is 15.8. The number of piperazine rings is 1. The smallest absolute Gasteiger partial charge is 0.253 e. The molecule has 5 nitrogen and oxygen atoms in total. The molecule has 2 heterocycles. The zero-order valence-electron chi connectivity index (χ0n) is 12.6. The molecule has 0 bridgehead atoms. The van der Waals surface area contributed by atoms with Gasteiger partial charge in [0.15, 0.2) is 5.76 Å². The number of halogens is 1. The summed E-state index contributed by atoms with van der Waals surface area (Å²) in [7, 11) is 0. The fourth-order valence-corrected chi connectivity index (χ4v) is 2.73. The van der Waals surface area contributed by atoms with E-state index >= 15 is 0 Å². The maximum atomic E-state index is 12.4. The molecule has 3 rings (SSSR count). The van der Waals surface area contributed by atoms with Crippen molar-refractivity contribution in [1.82, 2.24) is 9.80 Å². The van der Waals surface area contributed by atoms with Gasteiger partial charge >= 0.3 is 0 Å². The molecule has 120 valence electrons. The molecule has 0 aliphatic carbocycles. The standard InChI is InChI=1S/C17H17ClN2O3/c18-14-5-3-13(4-6-14)17(22)20-9-7-19(8-10-20)12-15(21)16-2-1-11-23-16/h1-6,11H,7-10,12H2. The van der Waals surface area contributed by atoms with Crippen LogP contribution < -0.4 is 0 Å². The third-order valence-electron chi connectivity index (χ3n) is 3.91. The summed E-state index contributed by atoms with van der Waals surface area (Å²) >= 11 is 5.84. The van der Waals surface area contributed by atoms with E-state index in [0.717, 1.165) is 0 Å². The van der Waals surface area contributed by atoms with Crippen LogP contribution in [0.1, 0.15) is 20.9 Å². The molecule has 0 radical (unpaired) electrons. The number of Topliss-reactive ketones (excluding diaryl/α,β-unsaturated/α-hetero) is 1. The predicted molar refractivity (Wildman–Crippen MR) is 86.8 cm³/mol. The highest BCUT2D eigenvalue weighted by Crippen LogP contribution is 2.13. The lowest BCUT2D eigenvalue weighted by Crippen LogP contribution is -2.49. The van der Waals surface area contributed by atoms with Crippen molar-refractivity contribution in [1.29, 1.82) is 0 Å². The van der Waals surface area contributed by atoms with Crippen molar-refractivity contribution in [3.8, 4) is 0 Å². The molecule has 1 amide bonds. The monoisotopic (exact) mass is 332 g/mol. The highest BCUT2D eigenvalue weighted by atomic mass is 35.5.